The lowest BCUT2D eigenvalue weighted by molar-refractivity contribution is 0.190. The molecule has 1 aromatic rings. The number of piperidine rings is 1. The van der Waals surface area contributed by atoms with Crippen LogP contribution in [0.25, 0.3) is 0 Å². The Morgan fingerprint density at radius 1 is 1.17 bits per heavy atom. The van der Waals surface area contributed by atoms with Crippen molar-refractivity contribution in [2.24, 2.45) is 5.92 Å². The summed E-state index contributed by atoms with van der Waals surface area (Å²) in [6.45, 7) is 1.80. The number of hydrogen-bond acceptors (Lipinski definition) is 3. The standard InChI is InChI=1S/C14H20FNO2/c1-17-12-4-3-11(9-13(12)18-2)14(15)10-5-7-16-8-6-10/h3-4,9-10,14,16H,5-8H2,1-2H3. The van der Waals surface area contributed by atoms with Crippen molar-refractivity contribution in [2.45, 2.75) is 19.0 Å². The smallest absolute Gasteiger partial charge is 0.161 e. The minimum atomic E-state index is -0.924. The number of halogens is 1. The van der Waals surface area contributed by atoms with E-state index in [0.29, 0.717) is 17.1 Å². The van der Waals surface area contributed by atoms with Crippen molar-refractivity contribution in [3.8, 4) is 11.5 Å². The zero-order valence-electron chi connectivity index (χ0n) is 10.9. The van der Waals surface area contributed by atoms with Crippen LogP contribution in [0.1, 0.15) is 24.6 Å². The molecule has 1 unspecified atom stereocenters. The van der Waals surface area contributed by atoms with Crippen LogP contribution >= 0.6 is 0 Å². The fourth-order valence-corrected chi connectivity index (χ4v) is 2.43. The molecule has 0 radical (unpaired) electrons. The molecule has 0 bridgehead atoms. The first kappa shape index (κ1) is 13.1. The molecule has 0 aromatic heterocycles. The van der Waals surface area contributed by atoms with Crippen LogP contribution in [0, 0.1) is 5.92 Å². The van der Waals surface area contributed by atoms with Crippen LogP contribution in [-0.2, 0) is 0 Å². The summed E-state index contributed by atoms with van der Waals surface area (Å²) in [4.78, 5) is 0. The summed E-state index contributed by atoms with van der Waals surface area (Å²) < 4.78 is 24.8. The average molecular weight is 253 g/mol. The van der Waals surface area contributed by atoms with Gasteiger partial charge in [0.15, 0.2) is 11.5 Å². The zero-order valence-corrected chi connectivity index (χ0v) is 10.9. The largest absolute Gasteiger partial charge is 0.493 e. The third-order valence-corrected chi connectivity index (χ3v) is 3.52. The first-order valence-corrected chi connectivity index (χ1v) is 6.33. The van der Waals surface area contributed by atoms with Gasteiger partial charge in [-0.1, -0.05) is 6.07 Å². The van der Waals surface area contributed by atoms with Crippen molar-refractivity contribution >= 4 is 0 Å². The normalized spacial score (nSPS) is 18.4. The van der Waals surface area contributed by atoms with E-state index in [1.54, 1.807) is 32.4 Å². The van der Waals surface area contributed by atoms with Gasteiger partial charge in [0.2, 0.25) is 0 Å². The maximum atomic E-state index is 14.4. The lowest BCUT2D eigenvalue weighted by Gasteiger charge is -2.26. The van der Waals surface area contributed by atoms with Gasteiger partial charge in [-0.15, -0.1) is 0 Å². The summed E-state index contributed by atoms with van der Waals surface area (Å²) in [6.07, 6.45) is 0.845. The van der Waals surface area contributed by atoms with Crippen LogP contribution in [0.5, 0.6) is 11.5 Å². The van der Waals surface area contributed by atoms with E-state index in [0.717, 1.165) is 25.9 Å². The van der Waals surface area contributed by atoms with Gasteiger partial charge in [-0.2, -0.15) is 0 Å². The maximum absolute atomic E-state index is 14.4. The van der Waals surface area contributed by atoms with Crippen molar-refractivity contribution in [1.29, 1.82) is 0 Å². The summed E-state index contributed by atoms with van der Waals surface area (Å²) in [6, 6.07) is 5.29. The molecule has 2 rings (SSSR count). The lowest BCUT2D eigenvalue weighted by Crippen LogP contribution is -2.29. The average Bonchev–Trinajstić information content (AvgIpc) is 2.46. The molecule has 1 heterocycles. The Morgan fingerprint density at radius 3 is 2.44 bits per heavy atom. The van der Waals surface area contributed by atoms with Gasteiger partial charge in [-0.3, -0.25) is 0 Å². The highest BCUT2D eigenvalue weighted by atomic mass is 19.1. The second kappa shape index (κ2) is 6.05. The Bertz CT molecular complexity index is 391. The Labute approximate surface area is 107 Å². The molecule has 1 saturated heterocycles. The summed E-state index contributed by atoms with van der Waals surface area (Å²) in [7, 11) is 3.15. The molecule has 0 aliphatic carbocycles. The minimum absolute atomic E-state index is 0.101. The van der Waals surface area contributed by atoms with Crippen molar-refractivity contribution in [3.63, 3.8) is 0 Å². The quantitative estimate of drug-likeness (QED) is 0.895. The molecule has 0 saturated carbocycles. The molecular formula is C14H20FNO2. The predicted molar refractivity (Wildman–Crippen MR) is 69.0 cm³/mol. The number of hydrogen-bond donors (Lipinski definition) is 1. The number of ether oxygens (including phenoxy) is 2. The Kier molecular flexibility index (Phi) is 4.42. The highest BCUT2D eigenvalue weighted by molar-refractivity contribution is 5.43. The second-order valence-corrected chi connectivity index (χ2v) is 4.60. The SMILES string of the molecule is COc1ccc(C(F)C2CCNCC2)cc1OC. The van der Waals surface area contributed by atoms with Crippen LogP contribution in [0.3, 0.4) is 0 Å². The molecular weight excluding hydrogens is 233 g/mol. The summed E-state index contributed by atoms with van der Waals surface area (Å²) in [5, 5.41) is 3.25. The van der Waals surface area contributed by atoms with Crippen LogP contribution in [0.2, 0.25) is 0 Å². The van der Waals surface area contributed by atoms with E-state index in [9.17, 15) is 4.39 Å². The number of benzene rings is 1. The fourth-order valence-electron chi connectivity index (χ4n) is 2.43. The summed E-state index contributed by atoms with van der Waals surface area (Å²) in [5.74, 6) is 1.33. The third kappa shape index (κ3) is 2.75. The molecule has 100 valence electrons. The molecule has 1 N–H and O–H groups in total. The molecule has 1 aromatic carbocycles. The van der Waals surface area contributed by atoms with Crippen LogP contribution in [-0.4, -0.2) is 27.3 Å². The highest BCUT2D eigenvalue weighted by Gasteiger charge is 2.25. The molecule has 3 nitrogen and oxygen atoms in total. The van der Waals surface area contributed by atoms with Crippen molar-refractivity contribution in [2.75, 3.05) is 27.3 Å². The van der Waals surface area contributed by atoms with Gasteiger partial charge in [-0.05, 0) is 49.5 Å². The molecule has 0 amide bonds. The third-order valence-electron chi connectivity index (χ3n) is 3.52. The summed E-state index contributed by atoms with van der Waals surface area (Å²) in [5.41, 5.74) is 0.680. The number of methoxy groups -OCH3 is 2. The van der Waals surface area contributed by atoms with Crippen LogP contribution < -0.4 is 14.8 Å². The van der Waals surface area contributed by atoms with E-state index < -0.39 is 6.17 Å². The fraction of sp³-hybridized carbons (Fsp3) is 0.571. The van der Waals surface area contributed by atoms with E-state index in [1.807, 2.05) is 0 Å². The minimum Gasteiger partial charge on any atom is -0.493 e. The molecule has 1 atom stereocenters. The van der Waals surface area contributed by atoms with Crippen molar-refractivity contribution in [1.82, 2.24) is 5.32 Å². The van der Waals surface area contributed by atoms with E-state index in [4.69, 9.17) is 9.47 Å². The van der Waals surface area contributed by atoms with Crippen LogP contribution in [0.4, 0.5) is 4.39 Å². The van der Waals surface area contributed by atoms with Crippen molar-refractivity contribution in [3.05, 3.63) is 23.8 Å². The Morgan fingerprint density at radius 2 is 1.83 bits per heavy atom. The van der Waals surface area contributed by atoms with Crippen LogP contribution in [0.15, 0.2) is 18.2 Å². The topological polar surface area (TPSA) is 30.5 Å². The van der Waals surface area contributed by atoms with Crippen molar-refractivity contribution < 1.29 is 13.9 Å². The van der Waals surface area contributed by atoms with Gasteiger partial charge < -0.3 is 14.8 Å². The van der Waals surface area contributed by atoms with Gasteiger partial charge in [-0.25, -0.2) is 4.39 Å². The second-order valence-electron chi connectivity index (χ2n) is 4.60. The maximum Gasteiger partial charge on any atom is 0.161 e. The van der Waals surface area contributed by atoms with E-state index in [-0.39, 0.29) is 5.92 Å². The first-order chi connectivity index (χ1) is 8.76. The molecule has 1 aliphatic heterocycles. The number of alkyl halides is 1. The van der Waals surface area contributed by atoms with Gasteiger partial charge in [0.05, 0.1) is 14.2 Å². The van der Waals surface area contributed by atoms with Gasteiger partial charge in [0, 0.05) is 0 Å². The lowest BCUT2D eigenvalue weighted by atomic mass is 9.89. The number of rotatable bonds is 4. The summed E-state index contributed by atoms with van der Waals surface area (Å²) >= 11 is 0. The Hall–Kier alpha value is -1.29. The zero-order chi connectivity index (χ0) is 13.0. The molecule has 1 aliphatic rings. The predicted octanol–water partition coefficient (Wildman–Crippen LogP) is 2.71. The number of nitrogens with one attached hydrogen (secondary N) is 1. The van der Waals surface area contributed by atoms with Gasteiger partial charge in [0.1, 0.15) is 6.17 Å². The molecule has 1 fully saturated rings. The van der Waals surface area contributed by atoms with Gasteiger partial charge >= 0.3 is 0 Å². The molecule has 0 spiro atoms. The highest BCUT2D eigenvalue weighted by Crippen LogP contribution is 2.36. The van der Waals surface area contributed by atoms with E-state index >= 15 is 0 Å². The van der Waals surface area contributed by atoms with E-state index in [2.05, 4.69) is 5.32 Å². The molecule has 4 heteroatoms. The first-order valence-electron chi connectivity index (χ1n) is 6.33. The van der Waals surface area contributed by atoms with E-state index in [1.165, 1.54) is 0 Å². The molecule has 18 heavy (non-hydrogen) atoms. The Balaban J connectivity index is 2.16. The monoisotopic (exact) mass is 253 g/mol. The van der Waals surface area contributed by atoms with Gasteiger partial charge in [0.25, 0.3) is 0 Å².